The van der Waals surface area contributed by atoms with Crippen LogP contribution in [0, 0.1) is 0 Å². The SMILES string of the molecule is CCCN(C(=O)c1cc(S)ccc1Cl)C1CC1. The molecule has 0 bridgehead atoms. The minimum atomic E-state index is 0.0373. The topological polar surface area (TPSA) is 20.3 Å². The van der Waals surface area contributed by atoms with E-state index in [4.69, 9.17) is 11.6 Å². The molecule has 0 atom stereocenters. The lowest BCUT2D eigenvalue weighted by Gasteiger charge is -2.22. The van der Waals surface area contributed by atoms with E-state index >= 15 is 0 Å². The van der Waals surface area contributed by atoms with Crippen LogP contribution < -0.4 is 0 Å². The molecule has 0 saturated heterocycles. The Bertz CT molecular complexity index is 431. The van der Waals surface area contributed by atoms with E-state index in [0.717, 1.165) is 30.7 Å². The standard InChI is InChI=1S/C13H16ClNOS/c1-2-7-15(9-3-4-9)13(16)11-8-10(17)5-6-12(11)14/h5-6,8-9,17H,2-4,7H2,1H3. The van der Waals surface area contributed by atoms with Crippen molar-refractivity contribution in [3.8, 4) is 0 Å². The fraction of sp³-hybridized carbons (Fsp3) is 0.462. The van der Waals surface area contributed by atoms with Gasteiger partial charge in [0.25, 0.3) is 5.91 Å². The molecule has 0 heterocycles. The van der Waals surface area contributed by atoms with Gasteiger partial charge < -0.3 is 4.90 Å². The number of thiol groups is 1. The molecule has 1 fully saturated rings. The molecule has 2 nitrogen and oxygen atoms in total. The van der Waals surface area contributed by atoms with Gasteiger partial charge in [0.15, 0.2) is 0 Å². The first kappa shape index (κ1) is 12.8. The minimum Gasteiger partial charge on any atom is -0.336 e. The van der Waals surface area contributed by atoms with Crippen molar-refractivity contribution >= 4 is 30.1 Å². The van der Waals surface area contributed by atoms with Crippen LogP contribution in [0.15, 0.2) is 23.1 Å². The fourth-order valence-electron chi connectivity index (χ4n) is 1.91. The molecular weight excluding hydrogens is 254 g/mol. The summed E-state index contributed by atoms with van der Waals surface area (Å²) in [6.45, 7) is 2.88. The summed E-state index contributed by atoms with van der Waals surface area (Å²) in [7, 11) is 0. The van der Waals surface area contributed by atoms with Crippen molar-refractivity contribution in [1.82, 2.24) is 4.90 Å². The lowest BCUT2D eigenvalue weighted by Crippen LogP contribution is -2.34. The van der Waals surface area contributed by atoms with Crippen molar-refractivity contribution in [2.75, 3.05) is 6.54 Å². The Kier molecular flexibility index (Phi) is 4.00. The first-order valence-corrected chi connectivity index (χ1v) is 6.75. The van der Waals surface area contributed by atoms with Gasteiger partial charge in [-0.3, -0.25) is 4.79 Å². The van der Waals surface area contributed by atoms with Gasteiger partial charge in [-0.25, -0.2) is 0 Å². The predicted molar refractivity (Wildman–Crippen MR) is 73.1 cm³/mol. The molecule has 17 heavy (non-hydrogen) atoms. The van der Waals surface area contributed by atoms with Crippen LogP contribution in [0.5, 0.6) is 0 Å². The van der Waals surface area contributed by atoms with E-state index in [0.29, 0.717) is 16.6 Å². The zero-order chi connectivity index (χ0) is 12.4. The van der Waals surface area contributed by atoms with Crippen LogP contribution in [-0.2, 0) is 0 Å². The largest absolute Gasteiger partial charge is 0.336 e. The Balaban J connectivity index is 2.24. The van der Waals surface area contributed by atoms with E-state index in [1.54, 1.807) is 18.2 Å². The average molecular weight is 270 g/mol. The van der Waals surface area contributed by atoms with Crippen molar-refractivity contribution in [2.45, 2.75) is 37.1 Å². The van der Waals surface area contributed by atoms with Gasteiger partial charge in [0.1, 0.15) is 0 Å². The third kappa shape index (κ3) is 2.96. The number of carbonyl (C=O) groups excluding carboxylic acids is 1. The number of amides is 1. The van der Waals surface area contributed by atoms with E-state index in [2.05, 4.69) is 19.6 Å². The van der Waals surface area contributed by atoms with E-state index < -0.39 is 0 Å². The third-order valence-electron chi connectivity index (χ3n) is 2.89. The van der Waals surface area contributed by atoms with Crippen LogP contribution >= 0.6 is 24.2 Å². The van der Waals surface area contributed by atoms with E-state index in [1.807, 2.05) is 4.90 Å². The molecule has 0 radical (unpaired) electrons. The van der Waals surface area contributed by atoms with Gasteiger partial charge in [0.2, 0.25) is 0 Å². The van der Waals surface area contributed by atoms with Gasteiger partial charge in [-0.05, 0) is 37.5 Å². The molecule has 4 heteroatoms. The fourth-order valence-corrected chi connectivity index (χ4v) is 2.31. The molecule has 0 N–H and O–H groups in total. The molecule has 0 unspecified atom stereocenters. The highest BCUT2D eigenvalue weighted by Gasteiger charge is 2.33. The number of nitrogens with zero attached hydrogens (tertiary/aromatic N) is 1. The zero-order valence-electron chi connectivity index (χ0n) is 9.82. The molecule has 92 valence electrons. The maximum atomic E-state index is 12.4. The summed E-state index contributed by atoms with van der Waals surface area (Å²) < 4.78 is 0. The molecule has 1 aliphatic carbocycles. The zero-order valence-corrected chi connectivity index (χ0v) is 11.5. The quantitative estimate of drug-likeness (QED) is 0.828. The molecule has 0 aromatic heterocycles. The van der Waals surface area contributed by atoms with Crippen LogP contribution in [0.1, 0.15) is 36.5 Å². The molecule has 0 spiro atoms. The summed E-state index contributed by atoms with van der Waals surface area (Å²) in [4.78, 5) is 15.1. The number of hydrogen-bond donors (Lipinski definition) is 1. The summed E-state index contributed by atoms with van der Waals surface area (Å²) >= 11 is 10.3. The van der Waals surface area contributed by atoms with E-state index in [-0.39, 0.29) is 5.91 Å². The molecule has 1 aliphatic rings. The Morgan fingerprint density at radius 1 is 1.53 bits per heavy atom. The summed E-state index contributed by atoms with van der Waals surface area (Å²) in [5.41, 5.74) is 0.569. The first-order valence-electron chi connectivity index (χ1n) is 5.93. The number of carbonyl (C=O) groups is 1. The normalized spacial score (nSPS) is 14.8. The highest BCUT2D eigenvalue weighted by atomic mass is 35.5. The minimum absolute atomic E-state index is 0.0373. The second kappa shape index (κ2) is 5.32. The van der Waals surface area contributed by atoms with Crippen LogP contribution in [0.4, 0.5) is 0 Å². The van der Waals surface area contributed by atoms with Gasteiger partial charge in [0, 0.05) is 17.5 Å². The van der Waals surface area contributed by atoms with Crippen LogP contribution in [0.25, 0.3) is 0 Å². The Hall–Kier alpha value is -0.670. The van der Waals surface area contributed by atoms with Crippen molar-refractivity contribution in [1.29, 1.82) is 0 Å². The lowest BCUT2D eigenvalue weighted by molar-refractivity contribution is 0.0743. The Morgan fingerprint density at radius 2 is 2.24 bits per heavy atom. The smallest absolute Gasteiger partial charge is 0.255 e. The van der Waals surface area contributed by atoms with E-state index in [1.165, 1.54) is 0 Å². The van der Waals surface area contributed by atoms with Gasteiger partial charge in [-0.1, -0.05) is 18.5 Å². The predicted octanol–water partition coefficient (Wildman–Crippen LogP) is 3.64. The number of rotatable bonds is 4. The van der Waals surface area contributed by atoms with E-state index in [9.17, 15) is 4.79 Å². The molecule has 0 aliphatic heterocycles. The van der Waals surface area contributed by atoms with Crippen LogP contribution in [-0.4, -0.2) is 23.4 Å². The van der Waals surface area contributed by atoms with Crippen molar-refractivity contribution in [3.05, 3.63) is 28.8 Å². The monoisotopic (exact) mass is 269 g/mol. The molecule has 1 saturated carbocycles. The Morgan fingerprint density at radius 3 is 2.82 bits per heavy atom. The molecule has 1 aromatic rings. The van der Waals surface area contributed by atoms with Crippen molar-refractivity contribution < 1.29 is 4.79 Å². The van der Waals surface area contributed by atoms with Crippen LogP contribution in [0.3, 0.4) is 0 Å². The van der Waals surface area contributed by atoms with Crippen LogP contribution in [0.2, 0.25) is 5.02 Å². The highest BCUT2D eigenvalue weighted by molar-refractivity contribution is 7.80. The first-order chi connectivity index (χ1) is 8.13. The third-order valence-corrected chi connectivity index (χ3v) is 3.50. The Labute approximate surface area is 112 Å². The number of hydrogen-bond acceptors (Lipinski definition) is 2. The second-order valence-corrected chi connectivity index (χ2v) is 5.32. The summed E-state index contributed by atoms with van der Waals surface area (Å²) in [6.07, 6.45) is 3.20. The maximum Gasteiger partial charge on any atom is 0.255 e. The lowest BCUT2D eigenvalue weighted by atomic mass is 10.2. The molecular formula is C13H16ClNOS. The second-order valence-electron chi connectivity index (χ2n) is 4.39. The average Bonchev–Trinajstić information content (AvgIpc) is 3.12. The van der Waals surface area contributed by atoms with Gasteiger partial charge in [-0.2, -0.15) is 0 Å². The summed E-state index contributed by atoms with van der Waals surface area (Å²) in [5.74, 6) is 0.0373. The summed E-state index contributed by atoms with van der Waals surface area (Å²) in [5, 5.41) is 0.509. The van der Waals surface area contributed by atoms with Gasteiger partial charge in [-0.15, -0.1) is 12.6 Å². The number of benzene rings is 1. The van der Waals surface area contributed by atoms with Gasteiger partial charge in [0.05, 0.1) is 10.6 Å². The molecule has 2 rings (SSSR count). The van der Waals surface area contributed by atoms with Crippen molar-refractivity contribution in [3.63, 3.8) is 0 Å². The van der Waals surface area contributed by atoms with Crippen molar-refractivity contribution in [2.24, 2.45) is 0 Å². The highest BCUT2D eigenvalue weighted by Crippen LogP contribution is 2.30. The van der Waals surface area contributed by atoms with Gasteiger partial charge >= 0.3 is 0 Å². The summed E-state index contributed by atoms with van der Waals surface area (Å²) in [6, 6.07) is 5.69. The molecule has 1 amide bonds. The molecule has 1 aromatic carbocycles. The maximum absolute atomic E-state index is 12.4. The number of halogens is 1.